The van der Waals surface area contributed by atoms with E-state index < -0.39 is 0 Å². The number of aliphatic hydroxyl groups is 1. The molecule has 5 nitrogen and oxygen atoms in total. The lowest BCUT2D eigenvalue weighted by atomic mass is 9.90. The van der Waals surface area contributed by atoms with Crippen LogP contribution in [0.5, 0.6) is 0 Å². The minimum Gasteiger partial charge on any atom is -0.393 e. The lowest BCUT2D eigenvalue weighted by Gasteiger charge is -2.30. The minimum absolute atomic E-state index is 0.0384. The summed E-state index contributed by atoms with van der Waals surface area (Å²) in [5.41, 5.74) is 13.5. The molecule has 0 aromatic rings. The third-order valence-corrected chi connectivity index (χ3v) is 4.83. The highest BCUT2D eigenvalue weighted by Gasteiger charge is 2.19. The molecule has 1 fully saturated rings. The molecule has 1 atom stereocenters. The molecule has 1 rings (SSSR count). The zero-order valence-corrected chi connectivity index (χ0v) is 18.7. The number of piperidine rings is 1. The van der Waals surface area contributed by atoms with Crippen LogP contribution in [-0.2, 0) is 0 Å². The van der Waals surface area contributed by atoms with Gasteiger partial charge in [0.1, 0.15) is 0 Å². The molecule has 26 heavy (non-hydrogen) atoms. The SMILES string of the molecule is CCCCCCCCCCC(O)CC1CCN(C)CC1.CN.CN.CN. The van der Waals surface area contributed by atoms with Gasteiger partial charge in [-0.3, -0.25) is 0 Å². The van der Waals surface area contributed by atoms with Crippen molar-refractivity contribution < 1.29 is 5.11 Å². The van der Waals surface area contributed by atoms with Gasteiger partial charge >= 0.3 is 0 Å². The predicted octanol–water partition coefficient (Wildman–Crippen LogP) is 3.33. The summed E-state index contributed by atoms with van der Waals surface area (Å²) in [6.45, 7) is 4.70. The Morgan fingerprint density at radius 2 is 1.23 bits per heavy atom. The summed E-state index contributed by atoms with van der Waals surface area (Å²) in [6.07, 6.45) is 15.5. The fourth-order valence-electron chi connectivity index (χ4n) is 3.31. The molecular formula is C21H52N4O. The molecule has 1 saturated heterocycles. The Morgan fingerprint density at radius 3 is 1.69 bits per heavy atom. The zero-order chi connectivity index (χ0) is 20.6. The van der Waals surface area contributed by atoms with Crippen LogP contribution in [0.15, 0.2) is 0 Å². The second-order valence-electron chi connectivity index (χ2n) is 6.90. The number of unbranched alkanes of at least 4 members (excludes halogenated alkanes) is 7. The van der Waals surface area contributed by atoms with Crippen molar-refractivity contribution in [2.45, 2.75) is 90.1 Å². The highest BCUT2D eigenvalue weighted by Crippen LogP contribution is 2.23. The van der Waals surface area contributed by atoms with Crippen LogP contribution in [0.4, 0.5) is 0 Å². The standard InChI is InChI=1S/C18H37NO.3CH5N/c1-3-4-5-6-7-8-9-10-11-18(20)16-17-12-14-19(2)15-13-17;3*1-2/h17-18,20H,3-16H2,1-2H3;3*2H2,1H3. The maximum absolute atomic E-state index is 10.1. The normalized spacial score (nSPS) is 15.6. The van der Waals surface area contributed by atoms with Gasteiger partial charge in [0, 0.05) is 0 Å². The van der Waals surface area contributed by atoms with Crippen LogP contribution in [0.25, 0.3) is 0 Å². The fourth-order valence-corrected chi connectivity index (χ4v) is 3.31. The van der Waals surface area contributed by atoms with Crippen molar-refractivity contribution in [3.05, 3.63) is 0 Å². The topological polar surface area (TPSA) is 102 Å². The molecule has 0 spiro atoms. The minimum atomic E-state index is -0.0384. The number of nitrogens with zero attached hydrogens (tertiary/aromatic N) is 1. The van der Waals surface area contributed by atoms with E-state index in [-0.39, 0.29) is 6.10 Å². The van der Waals surface area contributed by atoms with Crippen molar-refractivity contribution in [1.82, 2.24) is 4.90 Å². The highest BCUT2D eigenvalue weighted by molar-refractivity contribution is 4.73. The molecule has 5 heteroatoms. The second-order valence-corrected chi connectivity index (χ2v) is 6.90. The lowest BCUT2D eigenvalue weighted by molar-refractivity contribution is 0.106. The molecule has 1 heterocycles. The average Bonchev–Trinajstić information content (AvgIpc) is 2.70. The lowest BCUT2D eigenvalue weighted by Crippen LogP contribution is -2.31. The molecule has 1 aliphatic heterocycles. The quantitative estimate of drug-likeness (QED) is 0.414. The first-order chi connectivity index (χ1) is 12.7. The fraction of sp³-hybridized carbons (Fsp3) is 1.00. The predicted molar refractivity (Wildman–Crippen MR) is 118 cm³/mol. The monoisotopic (exact) mass is 376 g/mol. The van der Waals surface area contributed by atoms with Crippen LogP contribution in [-0.4, -0.2) is 57.4 Å². The number of aliphatic hydroxyl groups excluding tert-OH is 1. The summed E-state index contributed by atoms with van der Waals surface area (Å²) in [6, 6.07) is 0. The van der Waals surface area contributed by atoms with E-state index in [1.165, 1.54) is 98.4 Å². The van der Waals surface area contributed by atoms with Crippen LogP contribution < -0.4 is 17.2 Å². The van der Waals surface area contributed by atoms with Gasteiger partial charge in [-0.15, -0.1) is 0 Å². The number of likely N-dealkylation sites (tertiary alicyclic amines) is 1. The van der Waals surface area contributed by atoms with E-state index in [0.717, 1.165) is 18.8 Å². The Hall–Kier alpha value is -0.200. The van der Waals surface area contributed by atoms with E-state index in [2.05, 4.69) is 36.1 Å². The molecule has 0 aliphatic carbocycles. The van der Waals surface area contributed by atoms with Gasteiger partial charge < -0.3 is 27.2 Å². The third kappa shape index (κ3) is 21.8. The largest absolute Gasteiger partial charge is 0.393 e. The summed E-state index contributed by atoms with van der Waals surface area (Å²) in [5, 5.41) is 10.1. The molecule has 0 amide bonds. The second kappa shape index (κ2) is 27.0. The Balaban J connectivity index is -0.000000795. The molecule has 0 bridgehead atoms. The van der Waals surface area contributed by atoms with Gasteiger partial charge in [-0.2, -0.15) is 0 Å². The van der Waals surface area contributed by atoms with Gasteiger partial charge in [-0.05, 0) is 72.9 Å². The number of nitrogens with two attached hydrogens (primary N) is 3. The van der Waals surface area contributed by atoms with Crippen LogP contribution in [0.1, 0.15) is 84.0 Å². The summed E-state index contributed by atoms with van der Waals surface area (Å²) in [5.74, 6) is 0.773. The van der Waals surface area contributed by atoms with Gasteiger partial charge in [-0.25, -0.2) is 0 Å². The van der Waals surface area contributed by atoms with Gasteiger partial charge in [0.15, 0.2) is 0 Å². The summed E-state index contributed by atoms with van der Waals surface area (Å²) < 4.78 is 0. The highest BCUT2D eigenvalue weighted by atomic mass is 16.3. The van der Waals surface area contributed by atoms with E-state index >= 15 is 0 Å². The summed E-state index contributed by atoms with van der Waals surface area (Å²) in [4.78, 5) is 2.40. The maximum atomic E-state index is 10.1. The number of hydrogen-bond donors (Lipinski definition) is 4. The van der Waals surface area contributed by atoms with Crippen molar-refractivity contribution in [3.63, 3.8) is 0 Å². The van der Waals surface area contributed by atoms with Crippen LogP contribution in [0.3, 0.4) is 0 Å². The van der Waals surface area contributed by atoms with E-state index in [9.17, 15) is 5.11 Å². The van der Waals surface area contributed by atoms with Crippen molar-refractivity contribution in [3.8, 4) is 0 Å². The van der Waals surface area contributed by atoms with Crippen LogP contribution in [0, 0.1) is 5.92 Å². The molecule has 1 aliphatic rings. The molecule has 0 aromatic heterocycles. The third-order valence-electron chi connectivity index (χ3n) is 4.83. The van der Waals surface area contributed by atoms with E-state index in [4.69, 9.17) is 0 Å². The molecule has 7 N–H and O–H groups in total. The molecule has 0 saturated carbocycles. The van der Waals surface area contributed by atoms with Crippen LogP contribution >= 0.6 is 0 Å². The Bertz CT molecular complexity index is 222. The Labute approximate surface area is 165 Å². The number of rotatable bonds is 11. The van der Waals surface area contributed by atoms with E-state index in [1.807, 2.05) is 0 Å². The molecule has 1 unspecified atom stereocenters. The van der Waals surface area contributed by atoms with Crippen molar-refractivity contribution >= 4 is 0 Å². The van der Waals surface area contributed by atoms with Gasteiger partial charge in [0.05, 0.1) is 6.10 Å². The Morgan fingerprint density at radius 1 is 0.808 bits per heavy atom. The zero-order valence-electron chi connectivity index (χ0n) is 18.7. The first-order valence-electron chi connectivity index (χ1n) is 10.8. The summed E-state index contributed by atoms with van der Waals surface area (Å²) >= 11 is 0. The molecule has 0 radical (unpaired) electrons. The molecular weight excluding hydrogens is 324 g/mol. The van der Waals surface area contributed by atoms with Gasteiger partial charge in [0.2, 0.25) is 0 Å². The average molecular weight is 377 g/mol. The van der Waals surface area contributed by atoms with E-state index in [0.29, 0.717) is 0 Å². The first kappa shape index (κ1) is 30.5. The first-order valence-corrected chi connectivity index (χ1v) is 10.8. The maximum Gasteiger partial charge on any atom is 0.0543 e. The van der Waals surface area contributed by atoms with Crippen LogP contribution in [0.2, 0.25) is 0 Å². The number of hydrogen-bond acceptors (Lipinski definition) is 5. The summed E-state index contributed by atoms with van der Waals surface area (Å²) in [7, 11) is 6.70. The van der Waals surface area contributed by atoms with Gasteiger partial charge in [0.25, 0.3) is 0 Å². The molecule has 0 aromatic carbocycles. The van der Waals surface area contributed by atoms with Crippen molar-refractivity contribution in [1.29, 1.82) is 0 Å². The van der Waals surface area contributed by atoms with Gasteiger partial charge in [-0.1, -0.05) is 58.3 Å². The van der Waals surface area contributed by atoms with Crippen molar-refractivity contribution in [2.75, 3.05) is 41.3 Å². The smallest absolute Gasteiger partial charge is 0.0543 e. The van der Waals surface area contributed by atoms with E-state index in [1.54, 1.807) is 0 Å². The Kier molecular flexibility index (Phi) is 31.7. The van der Waals surface area contributed by atoms with Crippen molar-refractivity contribution in [2.24, 2.45) is 23.1 Å². The molecule has 162 valence electrons.